The Hall–Kier alpha value is -1.88. The summed E-state index contributed by atoms with van der Waals surface area (Å²) in [5.74, 6) is -1.18. The number of piperidine rings is 1. The van der Waals surface area contributed by atoms with Gasteiger partial charge in [0, 0.05) is 13.1 Å². The van der Waals surface area contributed by atoms with Crippen LogP contribution in [0.5, 0.6) is 0 Å². The molecule has 1 fully saturated rings. The highest BCUT2D eigenvalue weighted by Gasteiger charge is 2.30. The molecule has 2 N–H and O–H groups in total. The Morgan fingerprint density at radius 2 is 2.10 bits per heavy atom. The first-order chi connectivity index (χ1) is 10.1. The van der Waals surface area contributed by atoms with Gasteiger partial charge in [-0.05, 0) is 31.9 Å². The van der Waals surface area contributed by atoms with Crippen LogP contribution in [0.25, 0.3) is 0 Å². The van der Waals surface area contributed by atoms with Gasteiger partial charge in [-0.15, -0.1) is 0 Å². The van der Waals surface area contributed by atoms with Crippen molar-refractivity contribution in [1.29, 1.82) is 0 Å². The maximum absolute atomic E-state index is 12.2. The van der Waals surface area contributed by atoms with E-state index in [1.165, 1.54) is 0 Å². The molecule has 0 aromatic heterocycles. The fraction of sp³-hybridized carbons (Fsp3) is 0.500. The molecular weight excluding hydrogens is 268 g/mol. The molecule has 5 heteroatoms. The van der Waals surface area contributed by atoms with Crippen molar-refractivity contribution in [2.24, 2.45) is 5.92 Å². The number of hydrogen-bond donors (Lipinski definition) is 2. The van der Waals surface area contributed by atoms with Crippen LogP contribution >= 0.6 is 0 Å². The van der Waals surface area contributed by atoms with Crippen molar-refractivity contribution in [2.45, 2.75) is 32.4 Å². The van der Waals surface area contributed by atoms with Gasteiger partial charge >= 0.3 is 5.97 Å². The maximum Gasteiger partial charge on any atom is 0.307 e. The minimum Gasteiger partial charge on any atom is -0.481 e. The number of amides is 1. The second-order valence-corrected chi connectivity index (χ2v) is 5.55. The molecular formula is C16H22N2O3. The average molecular weight is 290 g/mol. The predicted octanol–water partition coefficient (Wildman–Crippen LogP) is 1.49. The number of carboxylic acids is 1. The van der Waals surface area contributed by atoms with Gasteiger partial charge in [-0.25, -0.2) is 0 Å². The molecule has 1 heterocycles. The van der Waals surface area contributed by atoms with Gasteiger partial charge in [0.2, 0.25) is 5.91 Å². The van der Waals surface area contributed by atoms with E-state index in [-0.39, 0.29) is 17.9 Å². The zero-order valence-electron chi connectivity index (χ0n) is 12.3. The SMILES string of the molecule is CC(C(=O)NCc1ccccc1)N1CCCC(C(=O)O)C1. The smallest absolute Gasteiger partial charge is 0.307 e. The first-order valence-corrected chi connectivity index (χ1v) is 7.36. The number of aliphatic carboxylic acids is 1. The fourth-order valence-electron chi connectivity index (χ4n) is 2.66. The van der Waals surface area contributed by atoms with Gasteiger partial charge < -0.3 is 10.4 Å². The molecule has 0 radical (unpaired) electrons. The summed E-state index contributed by atoms with van der Waals surface area (Å²) in [5, 5.41) is 12.0. The summed E-state index contributed by atoms with van der Waals surface area (Å²) in [6, 6.07) is 9.45. The molecule has 2 atom stereocenters. The van der Waals surface area contributed by atoms with Gasteiger partial charge in [0.1, 0.15) is 0 Å². The molecule has 114 valence electrons. The monoisotopic (exact) mass is 290 g/mol. The predicted molar refractivity (Wildman–Crippen MR) is 79.7 cm³/mol. The number of carboxylic acid groups (broad SMARTS) is 1. The first-order valence-electron chi connectivity index (χ1n) is 7.36. The molecule has 21 heavy (non-hydrogen) atoms. The quantitative estimate of drug-likeness (QED) is 0.862. The van der Waals surface area contributed by atoms with E-state index in [1.54, 1.807) is 0 Å². The van der Waals surface area contributed by atoms with Gasteiger partial charge in [0.25, 0.3) is 0 Å². The Labute approximate surface area is 125 Å². The fourth-order valence-corrected chi connectivity index (χ4v) is 2.66. The zero-order valence-corrected chi connectivity index (χ0v) is 12.3. The van der Waals surface area contributed by atoms with E-state index in [2.05, 4.69) is 5.32 Å². The van der Waals surface area contributed by atoms with Crippen LogP contribution < -0.4 is 5.32 Å². The molecule has 1 aromatic rings. The van der Waals surface area contributed by atoms with Crippen LogP contribution in [0.4, 0.5) is 0 Å². The molecule has 5 nitrogen and oxygen atoms in total. The minimum absolute atomic E-state index is 0.0510. The molecule has 0 spiro atoms. The summed E-state index contributed by atoms with van der Waals surface area (Å²) in [7, 11) is 0. The third kappa shape index (κ3) is 4.29. The van der Waals surface area contributed by atoms with E-state index in [9.17, 15) is 9.59 Å². The van der Waals surface area contributed by atoms with Gasteiger partial charge in [0.05, 0.1) is 12.0 Å². The van der Waals surface area contributed by atoms with Crippen LogP contribution in [0.15, 0.2) is 30.3 Å². The average Bonchev–Trinajstić information content (AvgIpc) is 2.53. The topological polar surface area (TPSA) is 69.6 Å². The van der Waals surface area contributed by atoms with Crippen molar-refractivity contribution in [3.63, 3.8) is 0 Å². The van der Waals surface area contributed by atoms with Gasteiger partial charge in [-0.2, -0.15) is 0 Å². The second kappa shape index (κ2) is 7.22. The van der Waals surface area contributed by atoms with E-state index in [0.717, 1.165) is 18.5 Å². The normalized spacial score (nSPS) is 20.7. The van der Waals surface area contributed by atoms with Gasteiger partial charge in [-0.3, -0.25) is 14.5 Å². The number of hydrogen-bond acceptors (Lipinski definition) is 3. The number of likely N-dealkylation sites (tertiary alicyclic amines) is 1. The molecule has 1 amide bonds. The van der Waals surface area contributed by atoms with Gasteiger partial charge in [-0.1, -0.05) is 30.3 Å². The third-order valence-electron chi connectivity index (χ3n) is 4.04. The van der Waals surface area contributed by atoms with Crippen LogP contribution in [-0.2, 0) is 16.1 Å². The summed E-state index contributed by atoms with van der Waals surface area (Å²) in [6.45, 7) is 3.57. The van der Waals surface area contributed by atoms with Crippen LogP contribution in [0.2, 0.25) is 0 Å². The lowest BCUT2D eigenvalue weighted by Crippen LogP contribution is -2.50. The number of nitrogens with zero attached hydrogens (tertiary/aromatic N) is 1. The van der Waals surface area contributed by atoms with Crippen LogP contribution in [-0.4, -0.2) is 41.0 Å². The second-order valence-electron chi connectivity index (χ2n) is 5.55. The number of carbonyl (C=O) groups is 2. The van der Waals surface area contributed by atoms with Crippen molar-refractivity contribution >= 4 is 11.9 Å². The van der Waals surface area contributed by atoms with Gasteiger partial charge in [0.15, 0.2) is 0 Å². The van der Waals surface area contributed by atoms with Crippen LogP contribution in [0.1, 0.15) is 25.3 Å². The molecule has 1 aliphatic rings. The Balaban J connectivity index is 1.85. The van der Waals surface area contributed by atoms with Crippen LogP contribution in [0.3, 0.4) is 0 Å². The molecule has 0 aliphatic carbocycles. The lowest BCUT2D eigenvalue weighted by Gasteiger charge is -2.34. The third-order valence-corrected chi connectivity index (χ3v) is 4.04. The van der Waals surface area contributed by atoms with Crippen molar-refractivity contribution < 1.29 is 14.7 Å². The maximum atomic E-state index is 12.2. The summed E-state index contributed by atoms with van der Waals surface area (Å²) in [4.78, 5) is 25.2. The minimum atomic E-state index is -0.767. The van der Waals surface area contributed by atoms with E-state index in [1.807, 2.05) is 42.2 Å². The number of benzene rings is 1. The molecule has 2 rings (SSSR count). The largest absolute Gasteiger partial charge is 0.481 e. The van der Waals surface area contributed by atoms with Crippen molar-refractivity contribution in [3.05, 3.63) is 35.9 Å². The van der Waals surface area contributed by atoms with Crippen molar-refractivity contribution in [1.82, 2.24) is 10.2 Å². The number of nitrogens with one attached hydrogen (secondary N) is 1. The van der Waals surface area contributed by atoms with E-state index in [4.69, 9.17) is 5.11 Å². The standard InChI is InChI=1S/C16H22N2O3/c1-12(18-9-5-8-14(11-18)16(20)21)15(19)17-10-13-6-3-2-4-7-13/h2-4,6-7,12,14H,5,8-11H2,1H3,(H,17,19)(H,20,21). The molecule has 1 saturated heterocycles. The molecule has 1 aromatic carbocycles. The summed E-state index contributed by atoms with van der Waals surface area (Å²) >= 11 is 0. The van der Waals surface area contributed by atoms with E-state index < -0.39 is 5.97 Å². The summed E-state index contributed by atoms with van der Waals surface area (Å²) in [6.07, 6.45) is 1.53. The number of carbonyl (C=O) groups excluding carboxylic acids is 1. The van der Waals surface area contributed by atoms with E-state index >= 15 is 0 Å². The zero-order chi connectivity index (χ0) is 15.2. The summed E-state index contributed by atoms with van der Waals surface area (Å²) < 4.78 is 0. The van der Waals surface area contributed by atoms with Crippen LogP contribution in [0, 0.1) is 5.92 Å². The number of rotatable bonds is 5. The Bertz CT molecular complexity index is 490. The van der Waals surface area contributed by atoms with Crippen molar-refractivity contribution in [2.75, 3.05) is 13.1 Å². The molecule has 0 bridgehead atoms. The highest BCUT2D eigenvalue weighted by atomic mass is 16.4. The Kier molecular flexibility index (Phi) is 5.33. The summed E-state index contributed by atoms with van der Waals surface area (Å²) in [5.41, 5.74) is 1.06. The highest BCUT2D eigenvalue weighted by molar-refractivity contribution is 5.81. The lowest BCUT2D eigenvalue weighted by molar-refractivity contribution is -0.145. The molecule has 0 saturated carbocycles. The lowest BCUT2D eigenvalue weighted by atomic mass is 9.97. The molecule has 2 unspecified atom stereocenters. The van der Waals surface area contributed by atoms with E-state index in [0.29, 0.717) is 19.5 Å². The molecule has 1 aliphatic heterocycles. The first kappa shape index (κ1) is 15.5. The highest BCUT2D eigenvalue weighted by Crippen LogP contribution is 2.18. The Morgan fingerprint density at radius 1 is 1.38 bits per heavy atom. The Morgan fingerprint density at radius 3 is 2.76 bits per heavy atom. The van der Waals surface area contributed by atoms with Crippen molar-refractivity contribution in [3.8, 4) is 0 Å².